The van der Waals surface area contributed by atoms with Gasteiger partial charge in [-0.3, -0.25) is 14.2 Å². The number of fused-ring (bicyclic) bond motifs is 3. The third kappa shape index (κ3) is 3.82. The second kappa shape index (κ2) is 8.41. The van der Waals surface area contributed by atoms with Crippen LogP contribution in [0.25, 0.3) is 10.2 Å². The molecule has 1 N–H and O–H groups in total. The van der Waals surface area contributed by atoms with Crippen molar-refractivity contribution >= 4 is 44.8 Å². The highest BCUT2D eigenvalue weighted by Gasteiger charge is 2.25. The normalized spacial score (nSPS) is 17.0. The van der Waals surface area contributed by atoms with Gasteiger partial charge in [0.25, 0.3) is 5.56 Å². The smallest absolute Gasteiger partial charge is 0.263 e. The zero-order valence-electron chi connectivity index (χ0n) is 15.9. The Balaban J connectivity index is 2.00. The van der Waals surface area contributed by atoms with E-state index in [9.17, 15) is 9.59 Å². The van der Waals surface area contributed by atoms with Crippen LogP contribution in [0, 0.1) is 28.6 Å². The minimum Gasteiger partial charge on any atom is -0.308 e. The van der Waals surface area contributed by atoms with Crippen LogP contribution in [0.1, 0.15) is 30.7 Å². The van der Waals surface area contributed by atoms with Crippen LogP contribution in [-0.4, -0.2) is 26.8 Å². The molecular weight excluding hydrogens is 392 g/mol. The first-order valence-electron chi connectivity index (χ1n) is 9.13. The molecule has 0 aliphatic heterocycles. The number of thioether (sulfide) groups is 1. The van der Waals surface area contributed by atoms with Crippen molar-refractivity contribution in [3.05, 3.63) is 33.4 Å². The Kier molecular flexibility index (Phi) is 6.16. The number of rotatable bonds is 7. The molecule has 0 unspecified atom stereocenters. The summed E-state index contributed by atoms with van der Waals surface area (Å²) in [5.41, 5.74) is 1.07. The quantitative estimate of drug-likeness (QED) is 0.323. The van der Waals surface area contributed by atoms with Gasteiger partial charge in [0, 0.05) is 17.1 Å². The van der Waals surface area contributed by atoms with Crippen LogP contribution in [0.2, 0.25) is 0 Å². The molecule has 0 spiro atoms. The van der Waals surface area contributed by atoms with Crippen molar-refractivity contribution in [1.82, 2.24) is 9.55 Å². The first-order chi connectivity index (χ1) is 13.4. The molecule has 0 radical (unpaired) electrons. The molecule has 2 aromatic rings. The van der Waals surface area contributed by atoms with Crippen molar-refractivity contribution in [1.29, 1.82) is 10.7 Å². The van der Waals surface area contributed by atoms with Gasteiger partial charge in [0.05, 0.1) is 17.2 Å². The summed E-state index contributed by atoms with van der Waals surface area (Å²) in [5, 5.41) is 17.8. The van der Waals surface area contributed by atoms with Gasteiger partial charge in [-0.2, -0.15) is 5.26 Å². The van der Waals surface area contributed by atoms with E-state index in [0.717, 1.165) is 41.4 Å². The van der Waals surface area contributed by atoms with Crippen LogP contribution < -0.4 is 5.56 Å². The van der Waals surface area contributed by atoms with Crippen molar-refractivity contribution in [3.63, 3.8) is 0 Å². The molecule has 8 heteroatoms. The van der Waals surface area contributed by atoms with Crippen molar-refractivity contribution in [2.45, 2.75) is 44.8 Å². The van der Waals surface area contributed by atoms with Gasteiger partial charge in [-0.1, -0.05) is 24.8 Å². The number of nitrogens with zero attached hydrogens (tertiary/aromatic N) is 3. The van der Waals surface area contributed by atoms with Gasteiger partial charge in [0.2, 0.25) is 0 Å². The number of aryl methyl sites for hydroxylation is 1. The van der Waals surface area contributed by atoms with E-state index in [1.165, 1.54) is 11.8 Å². The monoisotopic (exact) mass is 414 g/mol. The standard InChI is InChI=1S/C20H22N4O2S2/c1-4-7-24-19(26)17-13-6-5-11(2)8-16(13)28-18(17)23-20(24)27-10-15(25)14(9-21)12(3)22/h4,11,14,22H,1,5-8,10H2,2-3H3/t11-,14-/m0/s1. The van der Waals surface area contributed by atoms with Gasteiger partial charge in [0.15, 0.2) is 10.9 Å². The number of nitrogens with one attached hydrogen (secondary N) is 1. The average molecular weight is 415 g/mol. The molecule has 3 rings (SSSR count). The summed E-state index contributed by atoms with van der Waals surface area (Å²) in [6.45, 7) is 7.71. The fraction of sp³-hybridized carbons (Fsp3) is 0.450. The van der Waals surface area contributed by atoms with E-state index in [1.54, 1.807) is 22.0 Å². The first kappa shape index (κ1) is 20.5. The second-order valence-corrected chi connectivity index (χ2v) is 9.16. The predicted molar refractivity (Wildman–Crippen MR) is 114 cm³/mol. The number of ketones is 1. The van der Waals surface area contributed by atoms with Crippen molar-refractivity contribution in [3.8, 4) is 6.07 Å². The highest BCUT2D eigenvalue weighted by Crippen LogP contribution is 2.36. The number of hydrogen-bond acceptors (Lipinski definition) is 7. The minimum atomic E-state index is -1.05. The van der Waals surface area contributed by atoms with E-state index in [0.29, 0.717) is 23.0 Å². The molecule has 0 aromatic carbocycles. The van der Waals surface area contributed by atoms with Gasteiger partial charge in [-0.15, -0.1) is 17.9 Å². The number of allylic oxidation sites excluding steroid dienone is 1. The lowest BCUT2D eigenvalue weighted by atomic mass is 9.89. The molecular formula is C20H22N4O2S2. The molecule has 0 fully saturated rings. The van der Waals surface area contributed by atoms with E-state index in [-0.39, 0.29) is 22.8 Å². The maximum absolute atomic E-state index is 13.2. The Morgan fingerprint density at radius 2 is 2.36 bits per heavy atom. The van der Waals surface area contributed by atoms with Crippen molar-refractivity contribution < 1.29 is 4.79 Å². The number of hydrogen-bond donors (Lipinski definition) is 1. The van der Waals surface area contributed by atoms with Crippen molar-refractivity contribution in [2.24, 2.45) is 11.8 Å². The van der Waals surface area contributed by atoms with Crippen LogP contribution in [0.15, 0.2) is 22.6 Å². The number of nitriles is 1. The molecule has 1 aliphatic rings. The van der Waals surface area contributed by atoms with Gasteiger partial charge >= 0.3 is 0 Å². The number of aromatic nitrogens is 2. The van der Waals surface area contributed by atoms with Crippen LogP contribution in [-0.2, 0) is 24.2 Å². The molecule has 146 valence electrons. The highest BCUT2D eigenvalue weighted by molar-refractivity contribution is 7.99. The Labute approximate surface area is 171 Å². The lowest BCUT2D eigenvalue weighted by molar-refractivity contribution is -0.117. The molecule has 2 atom stereocenters. The maximum Gasteiger partial charge on any atom is 0.263 e. The maximum atomic E-state index is 13.2. The predicted octanol–water partition coefficient (Wildman–Crippen LogP) is 3.61. The first-order valence-corrected chi connectivity index (χ1v) is 10.9. The summed E-state index contributed by atoms with van der Waals surface area (Å²) in [6.07, 6.45) is 4.58. The summed E-state index contributed by atoms with van der Waals surface area (Å²) in [4.78, 5) is 32.1. The lowest BCUT2D eigenvalue weighted by Crippen LogP contribution is -2.25. The molecule has 28 heavy (non-hydrogen) atoms. The van der Waals surface area contributed by atoms with Crippen LogP contribution >= 0.6 is 23.1 Å². The molecule has 2 heterocycles. The van der Waals surface area contributed by atoms with Gasteiger partial charge in [-0.25, -0.2) is 4.98 Å². The van der Waals surface area contributed by atoms with E-state index < -0.39 is 5.92 Å². The van der Waals surface area contributed by atoms with Gasteiger partial charge in [0.1, 0.15) is 10.7 Å². The van der Waals surface area contributed by atoms with Gasteiger partial charge in [-0.05, 0) is 37.7 Å². The molecule has 0 saturated carbocycles. The summed E-state index contributed by atoms with van der Waals surface area (Å²) < 4.78 is 1.55. The van der Waals surface area contributed by atoms with E-state index in [4.69, 9.17) is 15.7 Å². The van der Waals surface area contributed by atoms with Crippen molar-refractivity contribution in [2.75, 3.05) is 5.75 Å². The Bertz CT molecular complexity index is 1060. The van der Waals surface area contributed by atoms with Crippen LogP contribution in [0.4, 0.5) is 0 Å². The van der Waals surface area contributed by atoms with Crippen LogP contribution in [0.3, 0.4) is 0 Å². The molecule has 2 aromatic heterocycles. The number of thiophene rings is 1. The fourth-order valence-electron chi connectivity index (χ4n) is 3.43. The molecule has 6 nitrogen and oxygen atoms in total. The third-order valence-electron chi connectivity index (χ3n) is 4.92. The van der Waals surface area contributed by atoms with Gasteiger partial charge < -0.3 is 5.41 Å². The Morgan fingerprint density at radius 3 is 3.00 bits per heavy atom. The Morgan fingerprint density at radius 1 is 1.61 bits per heavy atom. The van der Waals surface area contributed by atoms with E-state index in [2.05, 4.69) is 13.5 Å². The Hall–Kier alpha value is -2.24. The zero-order chi connectivity index (χ0) is 20.4. The van der Waals surface area contributed by atoms with E-state index >= 15 is 0 Å². The zero-order valence-corrected chi connectivity index (χ0v) is 17.6. The molecule has 0 bridgehead atoms. The largest absolute Gasteiger partial charge is 0.308 e. The van der Waals surface area contributed by atoms with Crippen LogP contribution in [0.5, 0.6) is 0 Å². The lowest BCUT2D eigenvalue weighted by Gasteiger charge is -2.17. The summed E-state index contributed by atoms with van der Waals surface area (Å²) >= 11 is 2.72. The summed E-state index contributed by atoms with van der Waals surface area (Å²) in [5.74, 6) is -0.800. The number of carbonyl (C=O) groups is 1. The SMILES string of the molecule is C=CCn1c(SCC(=O)[C@@H](C#N)C(C)=N)nc2sc3c(c2c1=O)CC[C@H](C)C3. The molecule has 0 amide bonds. The molecule has 1 aliphatic carbocycles. The second-order valence-electron chi connectivity index (χ2n) is 7.13. The number of carbonyl (C=O) groups excluding carboxylic acids is 1. The average Bonchev–Trinajstić information content (AvgIpc) is 3.00. The minimum absolute atomic E-state index is 0.00827. The topological polar surface area (TPSA) is 99.6 Å². The fourth-order valence-corrected chi connectivity index (χ4v) is 5.77. The summed E-state index contributed by atoms with van der Waals surface area (Å²) in [6, 6.07) is 1.86. The summed E-state index contributed by atoms with van der Waals surface area (Å²) in [7, 11) is 0. The highest BCUT2D eigenvalue weighted by atomic mass is 32.2. The van der Waals surface area contributed by atoms with E-state index in [1.807, 2.05) is 6.07 Å². The molecule has 0 saturated heterocycles. The third-order valence-corrected chi connectivity index (χ3v) is 7.07. The number of Topliss-reactive ketones (excluding diaryl/α,β-unsaturated/α-hetero) is 1.